The molecule has 1 saturated heterocycles. The highest BCUT2D eigenvalue weighted by Crippen LogP contribution is 2.42. The topological polar surface area (TPSA) is 51.1 Å². The van der Waals surface area contributed by atoms with E-state index in [-0.39, 0.29) is 0 Å². The lowest BCUT2D eigenvalue weighted by Gasteiger charge is -2.25. The third-order valence-electron chi connectivity index (χ3n) is 5.08. The Morgan fingerprint density at radius 1 is 1.15 bits per heavy atom. The Kier molecular flexibility index (Phi) is 5.17. The Labute approximate surface area is 171 Å². The van der Waals surface area contributed by atoms with E-state index in [9.17, 15) is 0 Å². The first-order chi connectivity index (χ1) is 13.3. The molecule has 0 atom stereocenters. The van der Waals surface area contributed by atoms with Gasteiger partial charge in [0.15, 0.2) is 4.34 Å². The van der Waals surface area contributed by atoms with Crippen molar-refractivity contribution < 1.29 is 4.74 Å². The Balaban J connectivity index is 1.56. The number of aryl methyl sites for hydroxylation is 3. The number of nitrogens with zero attached hydrogens (tertiary/aromatic N) is 4. The zero-order chi connectivity index (χ0) is 18.2. The fourth-order valence-electron chi connectivity index (χ4n) is 3.73. The first-order valence-corrected chi connectivity index (χ1v) is 12.0. The predicted molar refractivity (Wildman–Crippen MR) is 111 cm³/mol. The molecule has 0 amide bonds. The van der Waals surface area contributed by atoms with E-state index in [1.165, 1.54) is 35.1 Å². The standard InChI is InChI=1S/C19H22N4OS3/c1-12-11-25-19(20-12)27-18-16-13-4-2-3-5-14(13)26-17(16)21-15(22-18)10-23-6-8-24-9-7-23/h11H,2-10H2,1H3. The number of hydrogen-bond donors (Lipinski definition) is 0. The summed E-state index contributed by atoms with van der Waals surface area (Å²) in [5.41, 5.74) is 2.57. The van der Waals surface area contributed by atoms with Crippen molar-refractivity contribution in [2.45, 2.75) is 48.5 Å². The second-order valence-corrected chi connectivity index (χ2v) is 10.3. The minimum absolute atomic E-state index is 0.798. The van der Waals surface area contributed by atoms with Crippen LogP contribution in [-0.2, 0) is 24.1 Å². The number of fused-ring (bicyclic) bond motifs is 3. The molecule has 0 saturated carbocycles. The number of thiazole rings is 1. The maximum atomic E-state index is 5.48. The first kappa shape index (κ1) is 18.0. The van der Waals surface area contributed by atoms with Gasteiger partial charge in [-0.2, -0.15) is 0 Å². The van der Waals surface area contributed by atoms with Gasteiger partial charge >= 0.3 is 0 Å². The molecule has 3 aromatic heterocycles. The van der Waals surface area contributed by atoms with E-state index in [1.807, 2.05) is 18.3 Å². The highest BCUT2D eigenvalue weighted by atomic mass is 32.2. The molecule has 1 fully saturated rings. The summed E-state index contributed by atoms with van der Waals surface area (Å²) in [5, 5.41) is 4.49. The normalized spacial score (nSPS) is 18.1. The molecule has 0 radical (unpaired) electrons. The zero-order valence-corrected chi connectivity index (χ0v) is 17.8. The Hall–Kier alpha value is -1.06. The molecular weight excluding hydrogens is 396 g/mol. The van der Waals surface area contributed by atoms with Crippen molar-refractivity contribution in [2.24, 2.45) is 0 Å². The number of morpholine rings is 1. The molecule has 0 aromatic carbocycles. The maximum absolute atomic E-state index is 5.48. The van der Waals surface area contributed by atoms with Crippen molar-refractivity contribution in [2.75, 3.05) is 26.3 Å². The number of aromatic nitrogens is 3. The molecule has 0 spiro atoms. The summed E-state index contributed by atoms with van der Waals surface area (Å²) < 4.78 is 6.55. The van der Waals surface area contributed by atoms with Gasteiger partial charge in [-0.15, -0.1) is 22.7 Å². The van der Waals surface area contributed by atoms with E-state index >= 15 is 0 Å². The van der Waals surface area contributed by atoms with E-state index in [0.29, 0.717) is 0 Å². The third-order valence-corrected chi connectivity index (χ3v) is 8.31. The van der Waals surface area contributed by atoms with Crippen LogP contribution in [-0.4, -0.2) is 46.2 Å². The highest BCUT2D eigenvalue weighted by molar-refractivity contribution is 8.01. The van der Waals surface area contributed by atoms with Crippen LogP contribution in [0.15, 0.2) is 14.7 Å². The Morgan fingerprint density at radius 2 is 2.00 bits per heavy atom. The van der Waals surface area contributed by atoms with Crippen LogP contribution >= 0.6 is 34.4 Å². The largest absolute Gasteiger partial charge is 0.379 e. The van der Waals surface area contributed by atoms with Crippen LogP contribution in [0.25, 0.3) is 10.2 Å². The van der Waals surface area contributed by atoms with Gasteiger partial charge in [0.05, 0.1) is 19.8 Å². The molecule has 1 aliphatic heterocycles. The van der Waals surface area contributed by atoms with Crippen LogP contribution in [0.2, 0.25) is 0 Å². The van der Waals surface area contributed by atoms with Crippen molar-refractivity contribution in [1.82, 2.24) is 19.9 Å². The maximum Gasteiger partial charge on any atom is 0.156 e. The van der Waals surface area contributed by atoms with E-state index in [1.54, 1.807) is 23.1 Å². The van der Waals surface area contributed by atoms with Gasteiger partial charge in [-0.25, -0.2) is 15.0 Å². The third kappa shape index (κ3) is 3.78. The second kappa shape index (κ2) is 7.75. The van der Waals surface area contributed by atoms with Gasteiger partial charge in [-0.1, -0.05) is 0 Å². The first-order valence-electron chi connectivity index (χ1n) is 9.47. The molecule has 5 rings (SSSR count). The fourth-order valence-corrected chi connectivity index (χ4v) is 7.00. The summed E-state index contributed by atoms with van der Waals surface area (Å²) in [7, 11) is 0. The lowest BCUT2D eigenvalue weighted by atomic mass is 9.97. The monoisotopic (exact) mass is 418 g/mol. The number of hydrogen-bond acceptors (Lipinski definition) is 8. The Bertz CT molecular complexity index is 961. The lowest BCUT2D eigenvalue weighted by Crippen LogP contribution is -2.36. The highest BCUT2D eigenvalue weighted by Gasteiger charge is 2.23. The van der Waals surface area contributed by atoms with Gasteiger partial charge in [0.1, 0.15) is 15.7 Å². The molecule has 4 heterocycles. The predicted octanol–water partition coefficient (Wildman–Crippen LogP) is 4.32. The van der Waals surface area contributed by atoms with Gasteiger partial charge in [-0.3, -0.25) is 4.90 Å². The molecule has 142 valence electrons. The van der Waals surface area contributed by atoms with Crippen molar-refractivity contribution in [3.05, 3.63) is 27.3 Å². The summed E-state index contributed by atoms with van der Waals surface area (Å²) in [6, 6.07) is 0. The minimum Gasteiger partial charge on any atom is -0.379 e. The van der Waals surface area contributed by atoms with Crippen LogP contribution in [0.4, 0.5) is 0 Å². The van der Waals surface area contributed by atoms with Crippen molar-refractivity contribution in [3.8, 4) is 0 Å². The Morgan fingerprint density at radius 3 is 2.81 bits per heavy atom. The van der Waals surface area contributed by atoms with E-state index < -0.39 is 0 Å². The fraction of sp³-hybridized carbons (Fsp3) is 0.526. The molecule has 0 bridgehead atoms. The molecule has 0 N–H and O–H groups in total. The molecule has 0 unspecified atom stereocenters. The summed E-state index contributed by atoms with van der Waals surface area (Å²) in [6.07, 6.45) is 4.92. The van der Waals surface area contributed by atoms with E-state index in [0.717, 1.165) is 65.0 Å². The van der Waals surface area contributed by atoms with E-state index in [2.05, 4.69) is 15.3 Å². The second-order valence-electron chi connectivity index (χ2n) is 7.08. The molecular formula is C19H22N4OS3. The van der Waals surface area contributed by atoms with Crippen LogP contribution in [0.1, 0.15) is 34.8 Å². The molecule has 27 heavy (non-hydrogen) atoms. The SMILES string of the molecule is Cc1csc(Sc2nc(CN3CCOCC3)nc3sc4c(c23)CCCC4)n1. The molecule has 1 aliphatic carbocycles. The summed E-state index contributed by atoms with van der Waals surface area (Å²) in [5.74, 6) is 0.929. The van der Waals surface area contributed by atoms with Crippen molar-refractivity contribution in [3.63, 3.8) is 0 Å². The van der Waals surface area contributed by atoms with Crippen LogP contribution in [0.3, 0.4) is 0 Å². The van der Waals surface area contributed by atoms with Crippen LogP contribution < -0.4 is 0 Å². The summed E-state index contributed by atoms with van der Waals surface area (Å²) in [4.78, 5) is 19.7. The van der Waals surface area contributed by atoms with Gasteiger partial charge < -0.3 is 4.74 Å². The van der Waals surface area contributed by atoms with Crippen LogP contribution in [0, 0.1) is 6.92 Å². The van der Waals surface area contributed by atoms with E-state index in [4.69, 9.17) is 14.7 Å². The van der Waals surface area contributed by atoms with Gasteiger partial charge in [-0.05, 0) is 49.9 Å². The molecule has 3 aromatic rings. The van der Waals surface area contributed by atoms with Gasteiger partial charge in [0.25, 0.3) is 0 Å². The minimum atomic E-state index is 0.798. The van der Waals surface area contributed by atoms with Crippen molar-refractivity contribution in [1.29, 1.82) is 0 Å². The zero-order valence-electron chi connectivity index (χ0n) is 15.4. The van der Waals surface area contributed by atoms with Crippen molar-refractivity contribution >= 4 is 44.7 Å². The number of thiophene rings is 1. The molecule has 5 nitrogen and oxygen atoms in total. The number of rotatable bonds is 4. The smallest absolute Gasteiger partial charge is 0.156 e. The number of ether oxygens (including phenoxy) is 1. The molecule has 2 aliphatic rings. The van der Waals surface area contributed by atoms with Crippen LogP contribution in [0.5, 0.6) is 0 Å². The van der Waals surface area contributed by atoms with Gasteiger partial charge in [0, 0.05) is 34.4 Å². The summed E-state index contributed by atoms with van der Waals surface area (Å²) in [6.45, 7) is 6.36. The lowest BCUT2D eigenvalue weighted by molar-refractivity contribution is 0.0330. The molecule has 8 heteroatoms. The van der Waals surface area contributed by atoms with Gasteiger partial charge in [0.2, 0.25) is 0 Å². The average molecular weight is 419 g/mol. The average Bonchev–Trinajstić information content (AvgIpc) is 3.25. The quantitative estimate of drug-likeness (QED) is 0.588. The summed E-state index contributed by atoms with van der Waals surface area (Å²) >= 11 is 5.29.